The molecule has 2 heterocycles. The lowest BCUT2D eigenvalue weighted by Gasteiger charge is -2.12. The van der Waals surface area contributed by atoms with Gasteiger partial charge in [0.15, 0.2) is 11.0 Å². The number of fused-ring (bicyclic) bond motifs is 1. The Labute approximate surface area is 155 Å². The summed E-state index contributed by atoms with van der Waals surface area (Å²) >= 11 is 0.849. The van der Waals surface area contributed by atoms with Crippen LogP contribution in [0.15, 0.2) is 35.2 Å². The molecule has 1 aromatic carbocycles. The van der Waals surface area contributed by atoms with E-state index in [2.05, 4.69) is 20.2 Å². The van der Waals surface area contributed by atoms with Gasteiger partial charge in [0.05, 0.1) is 16.3 Å². The molecule has 1 atom stereocenters. The number of rotatable bonds is 4. The third kappa shape index (κ3) is 3.61. The first-order chi connectivity index (χ1) is 12.7. The number of aromatic amines is 1. The van der Waals surface area contributed by atoms with Crippen molar-refractivity contribution in [3.8, 4) is 6.07 Å². The number of aliphatic hydroxyl groups is 1. The van der Waals surface area contributed by atoms with Crippen LogP contribution in [0.1, 0.15) is 18.6 Å². The number of aromatic nitrogens is 5. The van der Waals surface area contributed by atoms with E-state index in [1.54, 1.807) is 31.2 Å². The molecule has 3 rings (SSSR count). The SMILES string of the molecule is C[C@@H](Sc1nnc(C(F)(F)F)n1C)/C(O)=C(\C#N)c1nc2ccccc2[nH]1. The van der Waals surface area contributed by atoms with E-state index in [9.17, 15) is 23.5 Å². The highest BCUT2D eigenvalue weighted by Gasteiger charge is 2.37. The fourth-order valence-corrected chi connectivity index (χ4v) is 3.26. The lowest BCUT2D eigenvalue weighted by atomic mass is 10.2. The number of alkyl halides is 3. The average molecular weight is 394 g/mol. The van der Waals surface area contributed by atoms with Crippen molar-refractivity contribution in [2.75, 3.05) is 0 Å². The van der Waals surface area contributed by atoms with Gasteiger partial charge in [0.25, 0.3) is 0 Å². The molecule has 7 nitrogen and oxygen atoms in total. The van der Waals surface area contributed by atoms with Crippen LogP contribution in [0.2, 0.25) is 0 Å². The van der Waals surface area contributed by atoms with Crippen molar-refractivity contribution in [3.05, 3.63) is 41.7 Å². The first kappa shape index (κ1) is 18.8. The minimum absolute atomic E-state index is 0.0386. The number of para-hydroxylation sites is 2. The highest BCUT2D eigenvalue weighted by molar-refractivity contribution is 7.99. The molecule has 0 radical (unpaired) electrons. The predicted molar refractivity (Wildman–Crippen MR) is 92.6 cm³/mol. The topological polar surface area (TPSA) is 103 Å². The van der Waals surface area contributed by atoms with Crippen LogP contribution in [0.5, 0.6) is 0 Å². The maximum atomic E-state index is 12.8. The highest BCUT2D eigenvalue weighted by Crippen LogP contribution is 2.33. The summed E-state index contributed by atoms with van der Waals surface area (Å²) in [6.45, 7) is 1.54. The van der Waals surface area contributed by atoms with Crippen LogP contribution in [0, 0.1) is 11.3 Å². The van der Waals surface area contributed by atoms with E-state index in [-0.39, 0.29) is 22.3 Å². The largest absolute Gasteiger partial charge is 0.510 e. The Morgan fingerprint density at radius 1 is 1.33 bits per heavy atom. The number of thioether (sulfide) groups is 1. The molecule has 0 unspecified atom stereocenters. The summed E-state index contributed by atoms with van der Waals surface area (Å²) in [5, 5.41) is 25.8. The quantitative estimate of drug-likeness (QED) is 0.397. The zero-order chi connectivity index (χ0) is 19.8. The first-order valence-electron chi connectivity index (χ1n) is 7.64. The molecular weight excluding hydrogens is 381 g/mol. The summed E-state index contributed by atoms with van der Waals surface area (Å²) in [6.07, 6.45) is -4.63. The second kappa shape index (κ2) is 6.96. The molecule has 2 N–H and O–H groups in total. The van der Waals surface area contributed by atoms with Crippen LogP contribution in [-0.4, -0.2) is 35.1 Å². The molecule has 3 aromatic rings. The molecule has 0 aliphatic rings. The number of hydrogen-bond donors (Lipinski definition) is 2. The van der Waals surface area contributed by atoms with E-state index in [1.807, 2.05) is 6.07 Å². The number of H-pyrrole nitrogens is 1. The molecule has 0 bridgehead atoms. The van der Waals surface area contributed by atoms with Gasteiger partial charge >= 0.3 is 6.18 Å². The highest BCUT2D eigenvalue weighted by atomic mass is 32.2. The molecule has 2 aromatic heterocycles. The molecule has 0 aliphatic heterocycles. The Morgan fingerprint density at radius 3 is 2.63 bits per heavy atom. The monoisotopic (exact) mass is 394 g/mol. The number of nitrogens with zero attached hydrogens (tertiary/aromatic N) is 5. The third-order valence-corrected chi connectivity index (χ3v) is 4.89. The summed E-state index contributed by atoms with van der Waals surface area (Å²) in [4.78, 5) is 7.20. The summed E-state index contributed by atoms with van der Waals surface area (Å²) < 4.78 is 39.2. The second-order valence-electron chi connectivity index (χ2n) is 5.60. The first-order valence-corrected chi connectivity index (χ1v) is 8.52. The second-order valence-corrected chi connectivity index (χ2v) is 6.91. The molecule has 11 heteroatoms. The number of aliphatic hydroxyl groups excluding tert-OH is 1. The van der Waals surface area contributed by atoms with Crippen molar-refractivity contribution in [1.82, 2.24) is 24.7 Å². The van der Waals surface area contributed by atoms with E-state index in [0.29, 0.717) is 11.0 Å². The molecule has 0 saturated carbocycles. The van der Waals surface area contributed by atoms with Crippen molar-refractivity contribution < 1.29 is 18.3 Å². The summed E-state index contributed by atoms with van der Waals surface area (Å²) in [5.41, 5.74) is 1.22. The van der Waals surface area contributed by atoms with Gasteiger partial charge in [0.2, 0.25) is 5.82 Å². The molecule has 0 spiro atoms. The van der Waals surface area contributed by atoms with Gasteiger partial charge in [0, 0.05) is 7.05 Å². The lowest BCUT2D eigenvalue weighted by Crippen LogP contribution is -2.13. The number of hydrogen-bond acceptors (Lipinski definition) is 6. The van der Waals surface area contributed by atoms with Gasteiger partial charge in [0.1, 0.15) is 17.4 Å². The normalized spacial score (nSPS) is 14.1. The lowest BCUT2D eigenvalue weighted by molar-refractivity contribution is -0.147. The number of nitriles is 1. The number of halogens is 3. The van der Waals surface area contributed by atoms with E-state index >= 15 is 0 Å². The van der Waals surface area contributed by atoms with Gasteiger partial charge in [-0.1, -0.05) is 23.9 Å². The Kier molecular flexibility index (Phi) is 4.84. The van der Waals surface area contributed by atoms with Crippen molar-refractivity contribution in [3.63, 3.8) is 0 Å². The van der Waals surface area contributed by atoms with Gasteiger partial charge in [-0.05, 0) is 19.1 Å². The molecule has 0 fully saturated rings. The van der Waals surface area contributed by atoms with E-state index < -0.39 is 17.3 Å². The summed E-state index contributed by atoms with van der Waals surface area (Å²) in [7, 11) is 1.18. The van der Waals surface area contributed by atoms with Gasteiger partial charge in [-0.15, -0.1) is 10.2 Å². The Morgan fingerprint density at radius 2 is 2.04 bits per heavy atom. The van der Waals surface area contributed by atoms with Crippen LogP contribution in [-0.2, 0) is 13.2 Å². The van der Waals surface area contributed by atoms with Crippen LogP contribution < -0.4 is 0 Å². The maximum absolute atomic E-state index is 12.8. The number of imidazole rings is 1. The molecule has 0 aliphatic carbocycles. The summed E-state index contributed by atoms with van der Waals surface area (Å²) in [6, 6.07) is 8.99. The zero-order valence-electron chi connectivity index (χ0n) is 14.1. The minimum Gasteiger partial charge on any atom is -0.510 e. The van der Waals surface area contributed by atoms with E-state index in [4.69, 9.17) is 0 Å². The van der Waals surface area contributed by atoms with Crippen molar-refractivity contribution in [1.29, 1.82) is 5.26 Å². The van der Waals surface area contributed by atoms with E-state index in [0.717, 1.165) is 16.3 Å². The third-order valence-electron chi connectivity index (χ3n) is 3.75. The predicted octanol–water partition coefficient (Wildman–Crippen LogP) is 3.68. The maximum Gasteiger partial charge on any atom is 0.451 e. The van der Waals surface area contributed by atoms with Gasteiger partial charge in [-0.25, -0.2) is 4.98 Å². The smallest absolute Gasteiger partial charge is 0.451 e. The van der Waals surface area contributed by atoms with Crippen molar-refractivity contribution in [2.24, 2.45) is 7.05 Å². The number of allylic oxidation sites excluding steroid dienone is 1. The molecule has 0 saturated heterocycles. The zero-order valence-corrected chi connectivity index (χ0v) is 14.9. The standard InChI is InChI=1S/C16H13F3N6OS/c1-8(27-15-24-23-14(25(15)2)16(17,18)19)12(26)9(7-20)13-21-10-5-3-4-6-11(10)22-13/h3-6,8,26H,1-2H3,(H,21,22)/b12-9-/t8-/m1/s1. The van der Waals surface area contributed by atoms with Gasteiger partial charge in [-0.2, -0.15) is 18.4 Å². The molecule has 27 heavy (non-hydrogen) atoms. The van der Waals surface area contributed by atoms with Gasteiger partial charge < -0.3 is 14.7 Å². The molecular formula is C16H13F3N6OS. The van der Waals surface area contributed by atoms with Crippen molar-refractivity contribution >= 4 is 28.4 Å². The van der Waals surface area contributed by atoms with Crippen LogP contribution in [0.3, 0.4) is 0 Å². The Hall–Kier alpha value is -3.00. The van der Waals surface area contributed by atoms with Crippen LogP contribution in [0.4, 0.5) is 13.2 Å². The fourth-order valence-electron chi connectivity index (χ4n) is 2.38. The minimum atomic E-state index is -4.63. The van der Waals surface area contributed by atoms with Crippen molar-refractivity contribution in [2.45, 2.75) is 23.5 Å². The van der Waals surface area contributed by atoms with E-state index in [1.165, 1.54) is 7.05 Å². The Bertz CT molecular complexity index is 1030. The van der Waals surface area contributed by atoms with Crippen LogP contribution in [0.25, 0.3) is 16.6 Å². The fraction of sp³-hybridized carbons (Fsp3) is 0.250. The number of nitrogens with one attached hydrogen (secondary N) is 1. The average Bonchev–Trinajstić information content (AvgIpc) is 3.19. The summed E-state index contributed by atoms with van der Waals surface area (Å²) in [5.74, 6) is -1.28. The molecule has 0 amide bonds. The number of benzene rings is 1. The van der Waals surface area contributed by atoms with Gasteiger partial charge in [-0.3, -0.25) is 0 Å². The van der Waals surface area contributed by atoms with Crippen LogP contribution >= 0.6 is 11.8 Å². The Balaban J connectivity index is 1.91. The molecule has 140 valence electrons.